The molecule has 1 aromatic rings. The number of halogens is 1. The first-order valence-corrected chi connectivity index (χ1v) is 6.68. The summed E-state index contributed by atoms with van der Waals surface area (Å²) in [6.45, 7) is 3.08. The standard InChI is InChI=1S/C14H18ClNO4/c1-3-7-14(2,13(18)19)16-12(17)9-20-11-6-4-5-10(15)8-11/h4-6,8H,3,7,9H2,1-2H3,(H,16,17)(H,18,19). The quantitative estimate of drug-likeness (QED) is 0.811. The molecule has 0 radical (unpaired) electrons. The fourth-order valence-corrected chi connectivity index (χ4v) is 1.95. The molecule has 0 saturated heterocycles. The fraction of sp³-hybridized carbons (Fsp3) is 0.429. The topological polar surface area (TPSA) is 75.6 Å². The maximum atomic E-state index is 11.8. The van der Waals surface area contributed by atoms with Crippen LogP contribution in [0.15, 0.2) is 24.3 Å². The maximum Gasteiger partial charge on any atom is 0.329 e. The van der Waals surface area contributed by atoms with E-state index in [0.29, 0.717) is 23.6 Å². The van der Waals surface area contributed by atoms with Crippen LogP contribution < -0.4 is 10.1 Å². The normalized spacial score (nSPS) is 13.3. The van der Waals surface area contributed by atoms with Crippen molar-refractivity contribution in [3.63, 3.8) is 0 Å². The molecule has 0 aliphatic rings. The van der Waals surface area contributed by atoms with E-state index in [0.717, 1.165) is 0 Å². The van der Waals surface area contributed by atoms with E-state index in [1.807, 2.05) is 6.92 Å². The Morgan fingerprint density at radius 1 is 1.45 bits per heavy atom. The van der Waals surface area contributed by atoms with Gasteiger partial charge in [0.2, 0.25) is 0 Å². The maximum absolute atomic E-state index is 11.8. The lowest BCUT2D eigenvalue weighted by atomic mass is 9.96. The van der Waals surface area contributed by atoms with E-state index in [2.05, 4.69) is 5.32 Å². The summed E-state index contributed by atoms with van der Waals surface area (Å²) in [7, 11) is 0. The second-order valence-electron chi connectivity index (χ2n) is 4.68. The molecule has 110 valence electrons. The zero-order chi connectivity index (χ0) is 15.2. The van der Waals surface area contributed by atoms with Crippen LogP contribution in [0.4, 0.5) is 0 Å². The van der Waals surface area contributed by atoms with Gasteiger partial charge in [0.15, 0.2) is 6.61 Å². The highest BCUT2D eigenvalue weighted by molar-refractivity contribution is 6.30. The van der Waals surface area contributed by atoms with Crippen molar-refractivity contribution in [2.75, 3.05) is 6.61 Å². The Bertz CT molecular complexity index is 492. The molecule has 0 aromatic heterocycles. The second kappa shape index (κ2) is 7.14. The summed E-state index contributed by atoms with van der Waals surface area (Å²) in [5, 5.41) is 12.1. The van der Waals surface area contributed by atoms with Crippen molar-refractivity contribution in [3.8, 4) is 5.75 Å². The Morgan fingerprint density at radius 2 is 2.15 bits per heavy atom. The van der Waals surface area contributed by atoms with Crippen LogP contribution in [-0.4, -0.2) is 29.1 Å². The SMILES string of the molecule is CCCC(C)(NC(=O)COc1cccc(Cl)c1)C(=O)O. The first-order valence-electron chi connectivity index (χ1n) is 6.30. The number of carbonyl (C=O) groups excluding carboxylic acids is 1. The molecule has 0 heterocycles. The van der Waals surface area contributed by atoms with Gasteiger partial charge in [-0.15, -0.1) is 0 Å². The first kappa shape index (κ1) is 16.3. The van der Waals surface area contributed by atoms with Crippen LogP contribution >= 0.6 is 11.6 Å². The number of hydrogen-bond acceptors (Lipinski definition) is 3. The van der Waals surface area contributed by atoms with Gasteiger partial charge in [0.1, 0.15) is 11.3 Å². The average molecular weight is 300 g/mol. The number of nitrogens with one attached hydrogen (secondary N) is 1. The molecule has 1 atom stereocenters. The minimum atomic E-state index is -1.27. The predicted molar refractivity (Wildman–Crippen MR) is 76.0 cm³/mol. The summed E-state index contributed by atoms with van der Waals surface area (Å²) in [6.07, 6.45) is 1.00. The van der Waals surface area contributed by atoms with Gasteiger partial charge in [-0.25, -0.2) is 4.79 Å². The van der Waals surface area contributed by atoms with Gasteiger partial charge in [-0.1, -0.05) is 31.0 Å². The summed E-state index contributed by atoms with van der Waals surface area (Å²) in [5.41, 5.74) is -1.27. The Kier molecular flexibility index (Phi) is 5.82. The molecule has 1 unspecified atom stereocenters. The van der Waals surface area contributed by atoms with Crippen molar-refractivity contribution in [2.24, 2.45) is 0 Å². The van der Waals surface area contributed by atoms with Crippen molar-refractivity contribution < 1.29 is 19.4 Å². The van der Waals surface area contributed by atoms with Crippen LogP contribution in [-0.2, 0) is 9.59 Å². The third-order valence-corrected chi connectivity index (χ3v) is 3.04. The largest absolute Gasteiger partial charge is 0.484 e. The van der Waals surface area contributed by atoms with Crippen LogP contribution in [0.2, 0.25) is 5.02 Å². The summed E-state index contributed by atoms with van der Waals surface area (Å²) >= 11 is 5.79. The zero-order valence-electron chi connectivity index (χ0n) is 11.5. The fourth-order valence-electron chi connectivity index (χ4n) is 1.77. The van der Waals surface area contributed by atoms with E-state index >= 15 is 0 Å². The third-order valence-electron chi connectivity index (χ3n) is 2.80. The van der Waals surface area contributed by atoms with Crippen LogP contribution in [0.5, 0.6) is 5.75 Å². The molecule has 0 spiro atoms. The molecular weight excluding hydrogens is 282 g/mol. The van der Waals surface area contributed by atoms with Gasteiger partial charge in [0.05, 0.1) is 0 Å². The van der Waals surface area contributed by atoms with Gasteiger partial charge in [-0.05, 0) is 31.5 Å². The molecular formula is C14H18ClNO4. The zero-order valence-corrected chi connectivity index (χ0v) is 12.2. The second-order valence-corrected chi connectivity index (χ2v) is 5.12. The number of aliphatic carboxylic acids is 1. The molecule has 0 fully saturated rings. The highest BCUT2D eigenvalue weighted by atomic mass is 35.5. The van der Waals surface area contributed by atoms with E-state index < -0.39 is 17.4 Å². The smallest absolute Gasteiger partial charge is 0.329 e. The summed E-state index contributed by atoms with van der Waals surface area (Å²) in [6, 6.07) is 6.64. The van der Waals surface area contributed by atoms with E-state index in [4.69, 9.17) is 21.4 Å². The molecule has 2 N–H and O–H groups in total. The van der Waals surface area contributed by atoms with Crippen molar-refractivity contribution in [3.05, 3.63) is 29.3 Å². The number of rotatable bonds is 7. The van der Waals surface area contributed by atoms with Gasteiger partial charge < -0.3 is 15.2 Å². The highest BCUT2D eigenvalue weighted by Gasteiger charge is 2.33. The number of carboxylic acids is 1. The molecule has 20 heavy (non-hydrogen) atoms. The Balaban J connectivity index is 2.56. The van der Waals surface area contributed by atoms with E-state index in [-0.39, 0.29) is 6.61 Å². The lowest BCUT2D eigenvalue weighted by Gasteiger charge is -2.25. The van der Waals surface area contributed by atoms with Gasteiger partial charge in [0.25, 0.3) is 5.91 Å². The van der Waals surface area contributed by atoms with Crippen molar-refractivity contribution in [1.29, 1.82) is 0 Å². The molecule has 6 heteroatoms. The Morgan fingerprint density at radius 3 is 2.70 bits per heavy atom. The highest BCUT2D eigenvalue weighted by Crippen LogP contribution is 2.17. The number of hydrogen-bond donors (Lipinski definition) is 2. The van der Waals surface area contributed by atoms with E-state index in [9.17, 15) is 9.59 Å². The van der Waals surface area contributed by atoms with Crippen LogP contribution in [0, 0.1) is 0 Å². The minimum absolute atomic E-state index is 0.257. The summed E-state index contributed by atoms with van der Waals surface area (Å²) in [5.74, 6) is -1.08. The van der Waals surface area contributed by atoms with Crippen LogP contribution in [0.1, 0.15) is 26.7 Å². The van der Waals surface area contributed by atoms with Crippen molar-refractivity contribution in [2.45, 2.75) is 32.2 Å². The Hall–Kier alpha value is -1.75. The molecule has 1 aromatic carbocycles. The minimum Gasteiger partial charge on any atom is -0.484 e. The van der Waals surface area contributed by atoms with Crippen LogP contribution in [0.25, 0.3) is 0 Å². The van der Waals surface area contributed by atoms with Gasteiger partial charge in [0, 0.05) is 5.02 Å². The molecule has 0 aliphatic carbocycles. The third kappa shape index (κ3) is 4.74. The first-order chi connectivity index (χ1) is 9.37. The van der Waals surface area contributed by atoms with Crippen molar-refractivity contribution in [1.82, 2.24) is 5.32 Å². The number of carboxylic acid groups (broad SMARTS) is 1. The molecule has 5 nitrogen and oxygen atoms in total. The van der Waals surface area contributed by atoms with Gasteiger partial charge in [-0.3, -0.25) is 4.79 Å². The van der Waals surface area contributed by atoms with Gasteiger partial charge >= 0.3 is 5.97 Å². The number of amides is 1. The predicted octanol–water partition coefficient (Wildman–Crippen LogP) is 2.48. The summed E-state index contributed by atoms with van der Waals surface area (Å²) in [4.78, 5) is 23.0. The molecule has 1 rings (SSSR count). The monoisotopic (exact) mass is 299 g/mol. The molecule has 1 amide bonds. The van der Waals surface area contributed by atoms with E-state index in [1.54, 1.807) is 24.3 Å². The average Bonchev–Trinajstić information content (AvgIpc) is 2.36. The molecule has 0 aliphatic heterocycles. The van der Waals surface area contributed by atoms with Crippen molar-refractivity contribution >= 4 is 23.5 Å². The number of carbonyl (C=O) groups is 2. The Labute approximate surface area is 122 Å². The molecule has 0 saturated carbocycles. The summed E-state index contributed by atoms with van der Waals surface area (Å²) < 4.78 is 5.26. The van der Waals surface area contributed by atoms with Crippen LogP contribution in [0.3, 0.4) is 0 Å². The molecule has 0 bridgehead atoms. The number of ether oxygens (including phenoxy) is 1. The lowest BCUT2D eigenvalue weighted by molar-refractivity contribution is -0.147. The van der Waals surface area contributed by atoms with Gasteiger partial charge in [-0.2, -0.15) is 0 Å². The number of benzene rings is 1. The lowest BCUT2D eigenvalue weighted by Crippen LogP contribution is -2.53. The van der Waals surface area contributed by atoms with E-state index in [1.165, 1.54) is 6.92 Å².